The van der Waals surface area contributed by atoms with Crippen LogP contribution in [0.15, 0.2) is 36.4 Å². The number of hydrogen-bond acceptors (Lipinski definition) is 5. The predicted molar refractivity (Wildman–Crippen MR) is 84.9 cm³/mol. The summed E-state index contributed by atoms with van der Waals surface area (Å²) in [7, 11) is 1.19. The van der Waals surface area contributed by atoms with Gasteiger partial charge < -0.3 is 19.5 Å². The van der Waals surface area contributed by atoms with E-state index in [0.717, 1.165) is 36.4 Å². The van der Waals surface area contributed by atoms with Crippen molar-refractivity contribution < 1.29 is 41.4 Å². The Bertz CT molecular complexity index is 844. The van der Waals surface area contributed by atoms with E-state index in [2.05, 4.69) is 10.1 Å². The second-order valence-corrected chi connectivity index (χ2v) is 5.00. The fourth-order valence-corrected chi connectivity index (χ4v) is 1.97. The topological polar surface area (TPSA) is 73.9 Å². The van der Waals surface area contributed by atoms with Gasteiger partial charge in [-0.15, -0.1) is 0 Å². The van der Waals surface area contributed by atoms with Crippen molar-refractivity contribution >= 4 is 17.6 Å². The van der Waals surface area contributed by atoms with Gasteiger partial charge >= 0.3 is 12.6 Å². The molecule has 2 aromatic rings. The normalized spacial score (nSPS) is 10.4. The van der Waals surface area contributed by atoms with Crippen molar-refractivity contribution in [3.8, 4) is 11.5 Å². The van der Waals surface area contributed by atoms with Crippen LogP contribution >= 0.6 is 0 Å². The number of nitrogens with one attached hydrogen (secondary N) is 1. The highest BCUT2D eigenvalue weighted by Crippen LogP contribution is 2.29. The molecule has 144 valence electrons. The summed E-state index contributed by atoms with van der Waals surface area (Å²) in [5.41, 5.74) is -0.0980. The van der Waals surface area contributed by atoms with Gasteiger partial charge in [0.05, 0.1) is 12.7 Å². The molecule has 0 unspecified atom stereocenters. The molecule has 0 aliphatic rings. The third-order valence-electron chi connectivity index (χ3n) is 3.15. The molecule has 27 heavy (non-hydrogen) atoms. The van der Waals surface area contributed by atoms with Gasteiger partial charge in [-0.2, -0.15) is 8.78 Å². The standard InChI is InChI=1S/C17H13F4NO5/c1-25-14-6-9(2-5-13(14)27-17(20)21)16(24)26-8-15(23)22-10-3-4-11(18)12(19)7-10/h2-7,17H,8H2,1H3,(H,22,23). The number of methoxy groups -OCH3 is 1. The van der Waals surface area contributed by atoms with Crippen LogP contribution in [0.1, 0.15) is 10.4 Å². The van der Waals surface area contributed by atoms with Crippen LogP contribution in [-0.2, 0) is 9.53 Å². The third kappa shape index (κ3) is 5.59. The van der Waals surface area contributed by atoms with E-state index in [-0.39, 0.29) is 22.7 Å². The molecule has 0 atom stereocenters. The Morgan fingerprint density at radius 1 is 1.04 bits per heavy atom. The highest BCUT2D eigenvalue weighted by molar-refractivity contribution is 5.95. The lowest BCUT2D eigenvalue weighted by molar-refractivity contribution is -0.119. The molecule has 0 aliphatic carbocycles. The van der Waals surface area contributed by atoms with Gasteiger partial charge in [0.1, 0.15) is 0 Å². The lowest BCUT2D eigenvalue weighted by Crippen LogP contribution is -2.21. The fourth-order valence-electron chi connectivity index (χ4n) is 1.97. The zero-order valence-corrected chi connectivity index (χ0v) is 13.8. The summed E-state index contributed by atoms with van der Waals surface area (Å²) in [5, 5.41) is 2.22. The van der Waals surface area contributed by atoms with Crippen molar-refractivity contribution in [3.63, 3.8) is 0 Å². The first-order valence-corrected chi connectivity index (χ1v) is 7.35. The fraction of sp³-hybridized carbons (Fsp3) is 0.176. The Morgan fingerprint density at radius 2 is 1.78 bits per heavy atom. The number of amides is 1. The molecule has 0 bridgehead atoms. The molecule has 0 saturated heterocycles. The summed E-state index contributed by atoms with van der Waals surface area (Å²) in [6.45, 7) is -3.79. The quantitative estimate of drug-likeness (QED) is 0.583. The summed E-state index contributed by atoms with van der Waals surface area (Å²) >= 11 is 0. The molecule has 2 aromatic carbocycles. The first kappa shape index (κ1) is 20.0. The smallest absolute Gasteiger partial charge is 0.387 e. The van der Waals surface area contributed by atoms with E-state index in [1.54, 1.807) is 0 Å². The summed E-state index contributed by atoms with van der Waals surface area (Å²) in [5.74, 6) is -4.36. The molecule has 1 amide bonds. The number of esters is 1. The third-order valence-corrected chi connectivity index (χ3v) is 3.15. The second kappa shape index (κ2) is 8.88. The van der Waals surface area contributed by atoms with Gasteiger partial charge in [-0.05, 0) is 30.3 Å². The maximum absolute atomic E-state index is 13.1. The van der Waals surface area contributed by atoms with E-state index in [4.69, 9.17) is 9.47 Å². The van der Waals surface area contributed by atoms with E-state index >= 15 is 0 Å². The number of carbonyl (C=O) groups excluding carboxylic acids is 2. The summed E-state index contributed by atoms with van der Waals surface area (Å²) in [4.78, 5) is 23.7. The first-order chi connectivity index (χ1) is 12.8. The summed E-state index contributed by atoms with van der Waals surface area (Å²) in [6, 6.07) is 6.06. The maximum atomic E-state index is 13.1. The highest BCUT2D eigenvalue weighted by Gasteiger charge is 2.16. The number of rotatable bonds is 7. The van der Waals surface area contributed by atoms with Gasteiger partial charge in [0, 0.05) is 11.8 Å². The van der Waals surface area contributed by atoms with Crippen LogP contribution < -0.4 is 14.8 Å². The van der Waals surface area contributed by atoms with Crippen LogP contribution in [0.2, 0.25) is 0 Å². The van der Waals surface area contributed by atoms with Crippen LogP contribution in [0.5, 0.6) is 11.5 Å². The Morgan fingerprint density at radius 3 is 2.41 bits per heavy atom. The number of benzene rings is 2. The zero-order valence-electron chi connectivity index (χ0n) is 13.8. The van der Waals surface area contributed by atoms with Crippen LogP contribution in [0.4, 0.5) is 23.2 Å². The first-order valence-electron chi connectivity index (χ1n) is 7.35. The van der Waals surface area contributed by atoms with Crippen LogP contribution in [-0.4, -0.2) is 32.2 Å². The average molecular weight is 387 g/mol. The Labute approximate surface area is 150 Å². The molecule has 6 nitrogen and oxygen atoms in total. The van der Waals surface area contributed by atoms with E-state index in [1.807, 2.05) is 0 Å². The minimum Gasteiger partial charge on any atom is -0.493 e. The van der Waals surface area contributed by atoms with Gasteiger partial charge in [0.15, 0.2) is 29.7 Å². The number of hydrogen-bond donors (Lipinski definition) is 1. The van der Waals surface area contributed by atoms with Gasteiger partial charge in [-0.1, -0.05) is 0 Å². The van der Waals surface area contributed by atoms with E-state index in [0.29, 0.717) is 0 Å². The molecule has 0 heterocycles. The predicted octanol–water partition coefficient (Wildman–Crippen LogP) is 3.37. The molecular formula is C17H13F4NO5. The van der Waals surface area contributed by atoms with E-state index in [1.165, 1.54) is 7.11 Å². The van der Waals surface area contributed by atoms with Crippen LogP contribution in [0.25, 0.3) is 0 Å². The largest absolute Gasteiger partial charge is 0.493 e. The zero-order chi connectivity index (χ0) is 20.0. The summed E-state index contributed by atoms with van der Waals surface area (Å²) < 4.78 is 64.3. The van der Waals surface area contributed by atoms with Gasteiger partial charge in [0.25, 0.3) is 5.91 Å². The second-order valence-electron chi connectivity index (χ2n) is 5.00. The molecule has 10 heteroatoms. The lowest BCUT2D eigenvalue weighted by atomic mass is 10.2. The average Bonchev–Trinajstić information content (AvgIpc) is 2.62. The highest BCUT2D eigenvalue weighted by atomic mass is 19.3. The van der Waals surface area contributed by atoms with Gasteiger partial charge in [-0.25, -0.2) is 13.6 Å². The van der Waals surface area contributed by atoms with Crippen molar-refractivity contribution in [1.29, 1.82) is 0 Å². The Kier molecular flexibility index (Phi) is 6.58. The minimum atomic E-state index is -3.07. The van der Waals surface area contributed by atoms with Crippen LogP contribution in [0, 0.1) is 11.6 Å². The number of halogens is 4. The van der Waals surface area contributed by atoms with Crippen molar-refractivity contribution in [2.45, 2.75) is 6.61 Å². The van der Waals surface area contributed by atoms with Gasteiger partial charge in [0.2, 0.25) is 0 Å². The minimum absolute atomic E-state index is 0.0230. The van der Waals surface area contributed by atoms with E-state index < -0.39 is 36.7 Å². The SMILES string of the molecule is COc1cc(C(=O)OCC(=O)Nc2ccc(F)c(F)c2)ccc1OC(F)F. The molecule has 0 saturated carbocycles. The Balaban J connectivity index is 1.96. The molecule has 1 N–H and O–H groups in total. The number of alkyl halides is 2. The molecule has 2 rings (SSSR count). The Hall–Kier alpha value is -3.30. The number of anilines is 1. The molecule has 0 spiro atoms. The molecule has 0 aromatic heterocycles. The van der Waals surface area contributed by atoms with Crippen molar-refractivity contribution in [2.24, 2.45) is 0 Å². The molecular weight excluding hydrogens is 374 g/mol. The lowest BCUT2D eigenvalue weighted by Gasteiger charge is -2.11. The maximum Gasteiger partial charge on any atom is 0.387 e. The van der Waals surface area contributed by atoms with Crippen molar-refractivity contribution in [2.75, 3.05) is 19.0 Å². The molecule has 0 radical (unpaired) electrons. The van der Waals surface area contributed by atoms with Gasteiger partial charge in [-0.3, -0.25) is 4.79 Å². The molecule has 0 fully saturated rings. The monoisotopic (exact) mass is 387 g/mol. The van der Waals surface area contributed by atoms with E-state index in [9.17, 15) is 27.2 Å². The summed E-state index contributed by atoms with van der Waals surface area (Å²) in [6.07, 6.45) is 0. The molecule has 0 aliphatic heterocycles. The van der Waals surface area contributed by atoms with Crippen molar-refractivity contribution in [3.05, 3.63) is 53.6 Å². The van der Waals surface area contributed by atoms with Crippen molar-refractivity contribution in [1.82, 2.24) is 0 Å². The number of ether oxygens (including phenoxy) is 3. The van der Waals surface area contributed by atoms with Crippen LogP contribution in [0.3, 0.4) is 0 Å². The number of carbonyl (C=O) groups is 2.